The Kier molecular flexibility index (Phi) is 5.57. The second kappa shape index (κ2) is 5.79. The highest BCUT2D eigenvalue weighted by atomic mass is 16.3. The van der Waals surface area contributed by atoms with Gasteiger partial charge in [0.05, 0.1) is 6.10 Å². The van der Waals surface area contributed by atoms with E-state index in [4.69, 9.17) is 5.11 Å². The molecule has 54 valence electrons. The van der Waals surface area contributed by atoms with Gasteiger partial charge in [-0.3, -0.25) is 0 Å². The highest BCUT2D eigenvalue weighted by Crippen LogP contribution is 1.99. The second-order valence-corrected chi connectivity index (χ2v) is 1.98. The Bertz CT molecular complexity index is 59.9. The molecule has 0 unspecified atom stereocenters. The highest BCUT2D eigenvalue weighted by Gasteiger charge is 2.06. The number of hydrogen-bond donors (Lipinski definition) is 2. The van der Waals surface area contributed by atoms with Crippen LogP contribution >= 0.6 is 0 Å². The standard InChI is InChI=1S/C5H11NO.C2H4/c7-5-1-3-6-4-2-5;1-2/h5-7H,1-4H2;1-2H2. The van der Waals surface area contributed by atoms with Crippen LogP contribution in [0.4, 0.5) is 0 Å². The lowest BCUT2D eigenvalue weighted by molar-refractivity contribution is 0.137. The summed E-state index contributed by atoms with van der Waals surface area (Å²) in [6, 6.07) is 0. The van der Waals surface area contributed by atoms with Crippen molar-refractivity contribution >= 4 is 0 Å². The first kappa shape index (κ1) is 8.66. The summed E-state index contributed by atoms with van der Waals surface area (Å²) in [6.07, 6.45) is 1.83. The largest absolute Gasteiger partial charge is 0.393 e. The third-order valence-corrected chi connectivity index (χ3v) is 1.31. The van der Waals surface area contributed by atoms with Gasteiger partial charge in [-0.05, 0) is 25.9 Å². The molecule has 0 aromatic rings. The number of aliphatic hydroxyl groups is 1. The molecule has 1 rings (SSSR count). The van der Waals surface area contributed by atoms with Crippen LogP contribution < -0.4 is 5.32 Å². The van der Waals surface area contributed by atoms with E-state index in [1.165, 1.54) is 0 Å². The molecule has 1 aliphatic heterocycles. The van der Waals surface area contributed by atoms with Crippen LogP contribution in [0.5, 0.6) is 0 Å². The summed E-state index contributed by atoms with van der Waals surface area (Å²) in [4.78, 5) is 0. The van der Waals surface area contributed by atoms with Gasteiger partial charge in [0.25, 0.3) is 0 Å². The smallest absolute Gasteiger partial charge is 0.0564 e. The van der Waals surface area contributed by atoms with Crippen molar-refractivity contribution in [2.45, 2.75) is 18.9 Å². The number of nitrogens with one attached hydrogen (secondary N) is 1. The predicted octanol–water partition coefficient (Wildman–Crippen LogP) is 0.533. The molecule has 0 aromatic heterocycles. The van der Waals surface area contributed by atoms with Crippen LogP contribution in [-0.4, -0.2) is 24.3 Å². The van der Waals surface area contributed by atoms with Gasteiger partial charge in [-0.1, -0.05) is 0 Å². The van der Waals surface area contributed by atoms with E-state index in [-0.39, 0.29) is 6.10 Å². The molecule has 0 aromatic carbocycles. The van der Waals surface area contributed by atoms with Gasteiger partial charge in [0.1, 0.15) is 0 Å². The third-order valence-electron chi connectivity index (χ3n) is 1.31. The lowest BCUT2D eigenvalue weighted by Crippen LogP contribution is -2.30. The Hall–Kier alpha value is -0.340. The molecule has 0 radical (unpaired) electrons. The number of aliphatic hydroxyl groups excluding tert-OH is 1. The zero-order valence-electron chi connectivity index (χ0n) is 5.77. The Balaban J connectivity index is 0.000000291. The zero-order chi connectivity index (χ0) is 7.11. The van der Waals surface area contributed by atoms with E-state index in [0.29, 0.717) is 0 Å². The Morgan fingerprint density at radius 2 is 1.67 bits per heavy atom. The van der Waals surface area contributed by atoms with Crippen molar-refractivity contribution < 1.29 is 5.11 Å². The lowest BCUT2D eigenvalue weighted by atomic mass is 10.1. The van der Waals surface area contributed by atoms with Crippen LogP contribution in [0, 0.1) is 0 Å². The van der Waals surface area contributed by atoms with Crippen LogP contribution in [0.3, 0.4) is 0 Å². The molecule has 1 saturated heterocycles. The summed E-state index contributed by atoms with van der Waals surface area (Å²) in [5.41, 5.74) is 0. The molecule has 0 amide bonds. The third kappa shape index (κ3) is 4.18. The predicted molar refractivity (Wildman–Crippen MR) is 39.4 cm³/mol. The van der Waals surface area contributed by atoms with Gasteiger partial charge in [0.2, 0.25) is 0 Å². The van der Waals surface area contributed by atoms with Crippen molar-refractivity contribution in [3.63, 3.8) is 0 Å². The van der Waals surface area contributed by atoms with Crippen molar-refractivity contribution in [2.75, 3.05) is 13.1 Å². The topological polar surface area (TPSA) is 32.3 Å². The first-order valence-electron chi connectivity index (χ1n) is 3.28. The summed E-state index contributed by atoms with van der Waals surface area (Å²) in [5, 5.41) is 12.0. The first-order valence-corrected chi connectivity index (χ1v) is 3.28. The number of piperidine rings is 1. The molecule has 0 saturated carbocycles. The molecule has 1 fully saturated rings. The summed E-state index contributed by atoms with van der Waals surface area (Å²) >= 11 is 0. The Labute approximate surface area is 56.6 Å². The molecule has 1 heterocycles. The van der Waals surface area contributed by atoms with Gasteiger partial charge >= 0.3 is 0 Å². The monoisotopic (exact) mass is 129 g/mol. The fraction of sp³-hybridized carbons (Fsp3) is 0.714. The molecular weight excluding hydrogens is 114 g/mol. The molecule has 0 aliphatic carbocycles. The molecule has 2 nitrogen and oxygen atoms in total. The summed E-state index contributed by atoms with van der Waals surface area (Å²) < 4.78 is 0. The van der Waals surface area contributed by atoms with Crippen LogP contribution in [0.15, 0.2) is 13.2 Å². The molecule has 0 bridgehead atoms. The van der Waals surface area contributed by atoms with Crippen LogP contribution in [0.1, 0.15) is 12.8 Å². The molecule has 1 aliphatic rings. The van der Waals surface area contributed by atoms with E-state index >= 15 is 0 Å². The minimum atomic E-state index is -0.0266. The molecule has 0 spiro atoms. The van der Waals surface area contributed by atoms with Crippen molar-refractivity contribution in [3.05, 3.63) is 13.2 Å². The van der Waals surface area contributed by atoms with Crippen molar-refractivity contribution in [3.8, 4) is 0 Å². The Morgan fingerprint density at radius 1 is 1.22 bits per heavy atom. The SMILES string of the molecule is C=C.OC1CCNCC1. The fourth-order valence-corrected chi connectivity index (χ4v) is 0.807. The highest BCUT2D eigenvalue weighted by molar-refractivity contribution is 4.65. The van der Waals surface area contributed by atoms with Crippen LogP contribution in [-0.2, 0) is 0 Å². The van der Waals surface area contributed by atoms with E-state index in [9.17, 15) is 0 Å². The molecule has 2 N–H and O–H groups in total. The van der Waals surface area contributed by atoms with Crippen molar-refractivity contribution in [1.29, 1.82) is 0 Å². The zero-order valence-corrected chi connectivity index (χ0v) is 5.77. The summed E-state index contributed by atoms with van der Waals surface area (Å²) in [6.45, 7) is 7.97. The summed E-state index contributed by atoms with van der Waals surface area (Å²) in [5.74, 6) is 0. The van der Waals surface area contributed by atoms with E-state index in [1.54, 1.807) is 0 Å². The van der Waals surface area contributed by atoms with E-state index in [0.717, 1.165) is 25.9 Å². The van der Waals surface area contributed by atoms with Crippen LogP contribution in [0.2, 0.25) is 0 Å². The fourth-order valence-electron chi connectivity index (χ4n) is 0.807. The second-order valence-electron chi connectivity index (χ2n) is 1.98. The van der Waals surface area contributed by atoms with Gasteiger partial charge < -0.3 is 10.4 Å². The maximum Gasteiger partial charge on any atom is 0.0564 e. The van der Waals surface area contributed by atoms with Gasteiger partial charge in [-0.15, -0.1) is 13.2 Å². The Morgan fingerprint density at radius 3 is 1.89 bits per heavy atom. The molecule has 9 heavy (non-hydrogen) atoms. The minimum absolute atomic E-state index is 0.0266. The summed E-state index contributed by atoms with van der Waals surface area (Å²) in [7, 11) is 0. The first-order chi connectivity index (χ1) is 4.39. The van der Waals surface area contributed by atoms with E-state index in [1.807, 2.05) is 0 Å². The quantitative estimate of drug-likeness (QED) is 0.468. The average Bonchev–Trinajstić information content (AvgIpc) is 1.94. The van der Waals surface area contributed by atoms with Crippen LogP contribution in [0.25, 0.3) is 0 Å². The van der Waals surface area contributed by atoms with E-state index < -0.39 is 0 Å². The maximum absolute atomic E-state index is 8.87. The molecule has 2 heteroatoms. The molecule has 0 atom stereocenters. The lowest BCUT2D eigenvalue weighted by Gasteiger charge is -2.16. The number of rotatable bonds is 0. The van der Waals surface area contributed by atoms with E-state index in [2.05, 4.69) is 18.5 Å². The number of hydrogen-bond acceptors (Lipinski definition) is 2. The van der Waals surface area contributed by atoms with Crippen molar-refractivity contribution in [1.82, 2.24) is 5.32 Å². The minimum Gasteiger partial charge on any atom is -0.393 e. The van der Waals surface area contributed by atoms with Gasteiger partial charge in [0, 0.05) is 0 Å². The molecular formula is C7H15NO. The normalized spacial score (nSPS) is 20.1. The van der Waals surface area contributed by atoms with Gasteiger partial charge in [0.15, 0.2) is 0 Å². The van der Waals surface area contributed by atoms with Crippen molar-refractivity contribution in [2.24, 2.45) is 0 Å². The average molecular weight is 129 g/mol. The van der Waals surface area contributed by atoms with Gasteiger partial charge in [-0.2, -0.15) is 0 Å². The maximum atomic E-state index is 8.87. The van der Waals surface area contributed by atoms with Gasteiger partial charge in [-0.25, -0.2) is 0 Å².